The molecule has 0 saturated carbocycles. The summed E-state index contributed by atoms with van der Waals surface area (Å²) in [4.78, 5) is 21.0. The second-order valence-corrected chi connectivity index (χ2v) is 8.31. The summed E-state index contributed by atoms with van der Waals surface area (Å²) >= 11 is 0. The maximum atomic E-state index is 11.6. The van der Waals surface area contributed by atoms with Crippen molar-refractivity contribution in [2.75, 3.05) is 44.2 Å². The molecular formula is C26H33N5O. The molecule has 0 spiro atoms. The van der Waals surface area contributed by atoms with Crippen LogP contribution in [0, 0.1) is 0 Å². The van der Waals surface area contributed by atoms with Crippen molar-refractivity contribution in [3.05, 3.63) is 71.3 Å². The van der Waals surface area contributed by atoms with Gasteiger partial charge in [0.2, 0.25) is 5.91 Å². The van der Waals surface area contributed by atoms with Crippen LogP contribution in [0.15, 0.2) is 65.2 Å². The van der Waals surface area contributed by atoms with E-state index in [1.54, 1.807) is 0 Å². The number of carbonyl (C=O) groups excluding carboxylic acids is 1. The number of anilines is 1. The molecule has 2 aromatic carbocycles. The Morgan fingerprint density at radius 3 is 2.50 bits per heavy atom. The average molecular weight is 432 g/mol. The quantitative estimate of drug-likeness (QED) is 0.564. The minimum Gasteiger partial charge on any atom is -0.360 e. The molecule has 168 valence electrons. The SMILES string of the molecule is CCNC(=NCc1ccc(N2CCNC(=O)C2)cc1)N1CCC(=Cc2ccccc2)CC1. The third-order valence-electron chi connectivity index (χ3n) is 5.96. The maximum Gasteiger partial charge on any atom is 0.239 e. The van der Waals surface area contributed by atoms with E-state index in [4.69, 9.17) is 4.99 Å². The summed E-state index contributed by atoms with van der Waals surface area (Å²) in [6, 6.07) is 19.0. The molecule has 2 aliphatic rings. The summed E-state index contributed by atoms with van der Waals surface area (Å²) in [5, 5.41) is 6.33. The number of carbonyl (C=O) groups is 1. The van der Waals surface area contributed by atoms with Gasteiger partial charge >= 0.3 is 0 Å². The second-order valence-electron chi connectivity index (χ2n) is 8.31. The van der Waals surface area contributed by atoms with Gasteiger partial charge in [-0.15, -0.1) is 0 Å². The predicted molar refractivity (Wildman–Crippen MR) is 132 cm³/mol. The molecule has 0 aliphatic carbocycles. The molecule has 4 rings (SSSR count). The highest BCUT2D eigenvalue weighted by atomic mass is 16.2. The normalized spacial score (nSPS) is 17.2. The highest BCUT2D eigenvalue weighted by molar-refractivity contribution is 5.82. The van der Waals surface area contributed by atoms with Crippen LogP contribution in [-0.2, 0) is 11.3 Å². The van der Waals surface area contributed by atoms with E-state index in [0.717, 1.165) is 50.7 Å². The zero-order chi connectivity index (χ0) is 22.2. The van der Waals surface area contributed by atoms with Gasteiger partial charge in [0, 0.05) is 38.4 Å². The van der Waals surface area contributed by atoms with Gasteiger partial charge in [0.05, 0.1) is 13.1 Å². The number of nitrogens with zero attached hydrogens (tertiary/aromatic N) is 3. The standard InChI is InChI=1S/C26H33N5O/c1-2-27-26(30-15-12-22(13-16-30)18-21-6-4-3-5-7-21)29-19-23-8-10-24(11-9-23)31-17-14-28-25(32)20-31/h3-11,18H,2,12-17,19-20H2,1H3,(H,27,29)(H,28,32). The Morgan fingerprint density at radius 2 is 1.81 bits per heavy atom. The Labute approximate surface area is 191 Å². The zero-order valence-electron chi connectivity index (χ0n) is 18.9. The fourth-order valence-electron chi connectivity index (χ4n) is 4.20. The highest BCUT2D eigenvalue weighted by Gasteiger charge is 2.18. The molecule has 6 heteroatoms. The molecule has 0 aromatic heterocycles. The van der Waals surface area contributed by atoms with Crippen molar-refractivity contribution in [2.24, 2.45) is 4.99 Å². The molecule has 6 nitrogen and oxygen atoms in total. The van der Waals surface area contributed by atoms with Gasteiger partial charge in [-0.25, -0.2) is 4.99 Å². The van der Waals surface area contributed by atoms with Crippen LogP contribution in [0.25, 0.3) is 6.08 Å². The Morgan fingerprint density at radius 1 is 1.06 bits per heavy atom. The Balaban J connectivity index is 1.35. The summed E-state index contributed by atoms with van der Waals surface area (Å²) in [5.74, 6) is 1.08. The van der Waals surface area contributed by atoms with Crippen LogP contribution < -0.4 is 15.5 Å². The molecular weight excluding hydrogens is 398 g/mol. The molecule has 0 radical (unpaired) electrons. The van der Waals surface area contributed by atoms with Crippen molar-refractivity contribution >= 4 is 23.6 Å². The lowest BCUT2D eigenvalue weighted by Crippen LogP contribution is -2.47. The van der Waals surface area contributed by atoms with Crippen LogP contribution in [0.3, 0.4) is 0 Å². The second kappa shape index (κ2) is 10.8. The number of hydrogen-bond donors (Lipinski definition) is 2. The minimum absolute atomic E-state index is 0.0866. The number of nitrogens with one attached hydrogen (secondary N) is 2. The molecule has 32 heavy (non-hydrogen) atoms. The van der Waals surface area contributed by atoms with E-state index in [-0.39, 0.29) is 5.91 Å². The molecule has 2 fully saturated rings. The molecule has 0 unspecified atom stereocenters. The van der Waals surface area contributed by atoms with Gasteiger partial charge in [-0.1, -0.05) is 54.1 Å². The van der Waals surface area contributed by atoms with Gasteiger partial charge < -0.3 is 20.4 Å². The number of benzene rings is 2. The van der Waals surface area contributed by atoms with E-state index in [0.29, 0.717) is 19.6 Å². The Hall–Kier alpha value is -3.28. The van der Waals surface area contributed by atoms with Crippen molar-refractivity contribution in [3.63, 3.8) is 0 Å². The first-order valence-corrected chi connectivity index (χ1v) is 11.6. The largest absolute Gasteiger partial charge is 0.360 e. The van der Waals surface area contributed by atoms with Gasteiger partial charge in [0.15, 0.2) is 5.96 Å². The van der Waals surface area contributed by atoms with Crippen LogP contribution >= 0.6 is 0 Å². The van der Waals surface area contributed by atoms with Crippen molar-refractivity contribution in [2.45, 2.75) is 26.3 Å². The summed E-state index contributed by atoms with van der Waals surface area (Å²) in [7, 11) is 0. The van der Waals surface area contributed by atoms with Crippen LogP contribution in [-0.4, -0.2) is 56.0 Å². The van der Waals surface area contributed by atoms with E-state index in [2.05, 4.69) is 88.0 Å². The van der Waals surface area contributed by atoms with Crippen LogP contribution in [0.5, 0.6) is 0 Å². The number of guanidine groups is 1. The van der Waals surface area contributed by atoms with Crippen molar-refractivity contribution in [1.29, 1.82) is 0 Å². The lowest BCUT2D eigenvalue weighted by Gasteiger charge is -2.31. The monoisotopic (exact) mass is 431 g/mol. The number of hydrogen-bond acceptors (Lipinski definition) is 3. The highest BCUT2D eigenvalue weighted by Crippen LogP contribution is 2.20. The smallest absolute Gasteiger partial charge is 0.239 e. The molecule has 2 aromatic rings. The number of rotatable bonds is 5. The third-order valence-corrected chi connectivity index (χ3v) is 5.96. The topological polar surface area (TPSA) is 60.0 Å². The lowest BCUT2D eigenvalue weighted by atomic mass is 10.0. The summed E-state index contributed by atoms with van der Waals surface area (Å²) in [5.41, 5.74) is 5.05. The fourth-order valence-corrected chi connectivity index (χ4v) is 4.20. The predicted octanol–water partition coefficient (Wildman–Crippen LogP) is 3.27. The number of likely N-dealkylation sites (tertiary alicyclic amines) is 1. The van der Waals surface area contributed by atoms with Crippen molar-refractivity contribution in [3.8, 4) is 0 Å². The summed E-state index contributed by atoms with van der Waals surface area (Å²) in [6.45, 7) is 7.57. The molecule has 0 atom stereocenters. The fraction of sp³-hybridized carbons (Fsp3) is 0.385. The first-order valence-electron chi connectivity index (χ1n) is 11.6. The maximum absolute atomic E-state index is 11.6. The first kappa shape index (κ1) is 21.9. The molecule has 2 saturated heterocycles. The lowest BCUT2D eigenvalue weighted by molar-refractivity contribution is -0.120. The molecule has 2 aliphatic heterocycles. The molecule has 2 N–H and O–H groups in total. The molecule has 0 bridgehead atoms. The van der Waals surface area contributed by atoms with Gasteiger partial charge in [0.25, 0.3) is 0 Å². The molecule has 1 amide bonds. The van der Waals surface area contributed by atoms with Gasteiger partial charge in [0.1, 0.15) is 0 Å². The van der Waals surface area contributed by atoms with Crippen LogP contribution in [0.4, 0.5) is 5.69 Å². The molecule has 2 heterocycles. The Kier molecular flexibility index (Phi) is 7.43. The minimum atomic E-state index is 0.0866. The van der Waals surface area contributed by atoms with Gasteiger partial charge in [-0.3, -0.25) is 4.79 Å². The number of piperidine rings is 1. The van der Waals surface area contributed by atoms with Gasteiger partial charge in [-0.05, 0) is 43.0 Å². The third kappa shape index (κ3) is 5.90. The van der Waals surface area contributed by atoms with Crippen molar-refractivity contribution < 1.29 is 4.79 Å². The summed E-state index contributed by atoms with van der Waals surface area (Å²) in [6.07, 6.45) is 4.46. The number of aliphatic imine (C=N–C) groups is 1. The van der Waals surface area contributed by atoms with E-state index >= 15 is 0 Å². The first-order chi connectivity index (χ1) is 15.7. The van der Waals surface area contributed by atoms with E-state index in [1.807, 2.05) is 0 Å². The van der Waals surface area contributed by atoms with E-state index in [9.17, 15) is 4.79 Å². The van der Waals surface area contributed by atoms with Gasteiger partial charge in [-0.2, -0.15) is 0 Å². The Bertz CT molecular complexity index is 942. The average Bonchev–Trinajstić information content (AvgIpc) is 2.83. The number of amides is 1. The van der Waals surface area contributed by atoms with Crippen LogP contribution in [0.2, 0.25) is 0 Å². The van der Waals surface area contributed by atoms with E-state index < -0.39 is 0 Å². The summed E-state index contributed by atoms with van der Waals surface area (Å²) < 4.78 is 0. The van der Waals surface area contributed by atoms with Crippen molar-refractivity contribution in [1.82, 2.24) is 15.5 Å². The van der Waals surface area contributed by atoms with E-state index in [1.165, 1.54) is 16.7 Å². The number of piperazine rings is 1. The zero-order valence-corrected chi connectivity index (χ0v) is 18.9. The van der Waals surface area contributed by atoms with Crippen LogP contribution in [0.1, 0.15) is 30.9 Å².